The zero-order valence-corrected chi connectivity index (χ0v) is 18.1. The molecule has 1 heterocycles. The van der Waals surface area contributed by atoms with Gasteiger partial charge in [-0.3, -0.25) is 4.79 Å². The minimum atomic E-state index is -1.02. The van der Waals surface area contributed by atoms with E-state index in [1.54, 1.807) is 54.6 Å². The number of rotatable bonds is 7. The zero-order valence-electron chi connectivity index (χ0n) is 18.1. The summed E-state index contributed by atoms with van der Waals surface area (Å²) in [7, 11) is 1.24. The van der Waals surface area contributed by atoms with Gasteiger partial charge in [-0.1, -0.05) is 73.9 Å². The van der Waals surface area contributed by atoms with Crippen LogP contribution in [0.3, 0.4) is 0 Å². The van der Waals surface area contributed by atoms with Crippen molar-refractivity contribution >= 4 is 12.1 Å². The molecular formula is C26H27NO4. The Hall–Kier alpha value is -3.86. The lowest BCUT2D eigenvalue weighted by atomic mass is 9.76. The maximum absolute atomic E-state index is 13.0. The summed E-state index contributed by atoms with van der Waals surface area (Å²) in [6.07, 6.45) is 11.5. The van der Waals surface area contributed by atoms with Crippen molar-refractivity contribution in [3.05, 3.63) is 114 Å². The summed E-state index contributed by atoms with van der Waals surface area (Å²) in [6, 6.07) is 6.85. The van der Waals surface area contributed by atoms with Crippen LogP contribution in [0.2, 0.25) is 0 Å². The first kappa shape index (κ1) is 23.4. The number of carbonyl (C=O) groups is 2. The zero-order chi connectivity index (χ0) is 23.0. The van der Waals surface area contributed by atoms with Crippen molar-refractivity contribution < 1.29 is 19.1 Å². The van der Waals surface area contributed by atoms with Crippen LogP contribution in [0, 0.1) is 0 Å². The molecule has 0 aliphatic carbocycles. The van der Waals surface area contributed by atoms with Crippen LogP contribution in [0.25, 0.3) is 0 Å². The van der Waals surface area contributed by atoms with Gasteiger partial charge in [-0.25, -0.2) is 4.79 Å². The van der Waals surface area contributed by atoms with E-state index >= 15 is 0 Å². The second-order valence-corrected chi connectivity index (χ2v) is 6.99. The molecule has 1 fully saturated rings. The molecule has 0 aromatic heterocycles. The first-order chi connectivity index (χ1) is 14.8. The van der Waals surface area contributed by atoms with Crippen LogP contribution in [0.1, 0.15) is 19.4 Å². The summed E-state index contributed by atoms with van der Waals surface area (Å²) in [5.41, 5.74) is 2.79. The van der Waals surface area contributed by atoms with Crippen LogP contribution in [0.15, 0.2) is 109 Å². The van der Waals surface area contributed by atoms with Crippen molar-refractivity contribution in [1.29, 1.82) is 0 Å². The third kappa shape index (κ3) is 4.83. The maximum atomic E-state index is 13.0. The third-order valence-electron chi connectivity index (χ3n) is 4.71. The molecule has 5 heteroatoms. The molecule has 1 aromatic carbocycles. The molecule has 1 unspecified atom stereocenters. The predicted octanol–water partition coefficient (Wildman–Crippen LogP) is 5.46. The molecule has 160 valence electrons. The minimum Gasteiger partial charge on any atom is -0.437 e. The van der Waals surface area contributed by atoms with Gasteiger partial charge in [0.2, 0.25) is 0 Å². The van der Waals surface area contributed by atoms with Gasteiger partial charge in [-0.15, -0.1) is 0 Å². The van der Waals surface area contributed by atoms with Gasteiger partial charge >= 0.3 is 6.16 Å². The summed E-state index contributed by atoms with van der Waals surface area (Å²) < 4.78 is 9.62. The van der Waals surface area contributed by atoms with Gasteiger partial charge in [0.05, 0.1) is 7.11 Å². The molecule has 2 rings (SSSR count). The molecule has 1 atom stereocenters. The van der Waals surface area contributed by atoms with E-state index in [-0.39, 0.29) is 5.91 Å². The van der Waals surface area contributed by atoms with Crippen molar-refractivity contribution in [2.24, 2.45) is 0 Å². The summed E-state index contributed by atoms with van der Waals surface area (Å²) >= 11 is 0. The summed E-state index contributed by atoms with van der Waals surface area (Å²) in [5, 5.41) is 3.13. The molecule has 5 nitrogen and oxygen atoms in total. The molecule has 1 saturated heterocycles. The lowest BCUT2D eigenvalue weighted by molar-refractivity contribution is -0.117. The lowest BCUT2D eigenvalue weighted by Gasteiger charge is -2.33. The number of carbonyl (C=O) groups excluding carboxylic acids is 2. The average molecular weight is 418 g/mol. The van der Waals surface area contributed by atoms with E-state index in [0.717, 1.165) is 16.7 Å². The van der Waals surface area contributed by atoms with Crippen molar-refractivity contribution in [3.8, 4) is 5.75 Å². The number of amides is 1. The van der Waals surface area contributed by atoms with Crippen molar-refractivity contribution in [2.45, 2.75) is 19.4 Å². The van der Waals surface area contributed by atoms with E-state index in [0.29, 0.717) is 16.9 Å². The Morgan fingerprint density at radius 1 is 1.03 bits per heavy atom. The Kier molecular flexibility index (Phi) is 7.75. The molecule has 0 spiro atoms. The van der Waals surface area contributed by atoms with E-state index in [4.69, 9.17) is 4.74 Å². The highest BCUT2D eigenvalue weighted by Crippen LogP contribution is 2.46. The molecule has 1 N–H and O–H groups in total. The van der Waals surface area contributed by atoms with Gasteiger partial charge in [-0.2, -0.15) is 0 Å². The Labute approximate surface area is 183 Å². The fraction of sp³-hybridized carbons (Fsp3) is 0.154. The number of allylic oxidation sites excluding steroid dienone is 7. The largest absolute Gasteiger partial charge is 0.513 e. The maximum Gasteiger partial charge on any atom is 0.513 e. The highest BCUT2D eigenvalue weighted by Gasteiger charge is 2.48. The van der Waals surface area contributed by atoms with E-state index < -0.39 is 11.7 Å². The Morgan fingerprint density at radius 3 is 2.19 bits per heavy atom. The molecular weight excluding hydrogens is 390 g/mol. The van der Waals surface area contributed by atoms with Crippen molar-refractivity contribution in [2.75, 3.05) is 7.11 Å². The molecule has 31 heavy (non-hydrogen) atoms. The topological polar surface area (TPSA) is 64.6 Å². The Morgan fingerprint density at radius 2 is 1.68 bits per heavy atom. The van der Waals surface area contributed by atoms with Gasteiger partial charge in [0.25, 0.3) is 5.91 Å². The summed E-state index contributed by atoms with van der Waals surface area (Å²) in [5.74, 6) is 0.0763. The Bertz CT molecular complexity index is 1020. The first-order valence-electron chi connectivity index (χ1n) is 9.67. The van der Waals surface area contributed by atoms with E-state index in [9.17, 15) is 9.59 Å². The smallest absolute Gasteiger partial charge is 0.437 e. The molecule has 1 aliphatic heterocycles. The number of nitrogens with one attached hydrogen (secondary N) is 1. The van der Waals surface area contributed by atoms with Crippen LogP contribution in [-0.2, 0) is 15.1 Å². The van der Waals surface area contributed by atoms with Crippen molar-refractivity contribution in [3.63, 3.8) is 0 Å². The van der Waals surface area contributed by atoms with Crippen LogP contribution in [0.4, 0.5) is 4.79 Å². The van der Waals surface area contributed by atoms with Crippen LogP contribution >= 0.6 is 0 Å². The highest BCUT2D eigenvalue weighted by atomic mass is 16.7. The molecule has 1 aliphatic rings. The molecule has 0 saturated carbocycles. The van der Waals surface area contributed by atoms with Gasteiger partial charge < -0.3 is 14.8 Å². The normalized spacial score (nSPS) is 20.7. The third-order valence-corrected chi connectivity index (χ3v) is 4.71. The van der Waals surface area contributed by atoms with Gasteiger partial charge in [0.15, 0.2) is 0 Å². The fourth-order valence-corrected chi connectivity index (χ4v) is 3.38. The second-order valence-electron chi connectivity index (χ2n) is 6.99. The monoisotopic (exact) mass is 417 g/mol. The number of hydrogen-bond donors (Lipinski definition) is 1. The standard InChI is InChI=1S/C26H27NO4/c1-7-10-22-23(11-8-2)26(27-24(22)28,19(9-3)13-12-18(4)5)20-14-16-21(17-15-20)31-25(29)30-6/h7-17H,1-3H2,4-6H3,(H,27,28)/b19-13+,22-10+,23-11+. The van der Waals surface area contributed by atoms with Gasteiger partial charge in [0, 0.05) is 5.57 Å². The second kappa shape index (κ2) is 10.3. The molecule has 0 bridgehead atoms. The van der Waals surface area contributed by atoms with Crippen LogP contribution in [0.5, 0.6) is 5.75 Å². The number of ether oxygens (including phenoxy) is 2. The summed E-state index contributed by atoms with van der Waals surface area (Å²) in [6.45, 7) is 15.5. The van der Waals surface area contributed by atoms with Crippen LogP contribution in [-0.4, -0.2) is 19.2 Å². The van der Waals surface area contributed by atoms with Crippen LogP contribution < -0.4 is 10.1 Å². The van der Waals surface area contributed by atoms with E-state index in [1.807, 2.05) is 26.0 Å². The number of hydrogen-bond acceptors (Lipinski definition) is 4. The molecule has 0 radical (unpaired) electrons. The Balaban J connectivity index is 2.79. The fourth-order valence-electron chi connectivity index (χ4n) is 3.38. The minimum absolute atomic E-state index is 0.243. The van der Waals surface area contributed by atoms with Gasteiger partial charge in [-0.05, 0) is 48.8 Å². The first-order valence-corrected chi connectivity index (χ1v) is 9.67. The summed E-state index contributed by atoms with van der Waals surface area (Å²) in [4.78, 5) is 24.4. The van der Waals surface area contributed by atoms with Gasteiger partial charge in [0.1, 0.15) is 11.3 Å². The highest BCUT2D eigenvalue weighted by molar-refractivity contribution is 6.05. The number of benzene rings is 1. The van der Waals surface area contributed by atoms with Crippen molar-refractivity contribution in [1.82, 2.24) is 5.32 Å². The lowest BCUT2D eigenvalue weighted by Crippen LogP contribution is -2.41. The molecule has 1 aromatic rings. The number of methoxy groups -OCH3 is 1. The quantitative estimate of drug-likeness (QED) is 0.277. The van der Waals surface area contributed by atoms with E-state index in [2.05, 4.69) is 29.8 Å². The SMILES string of the molecule is C=C/C=C1/C(=O)NC(/C(C=C)=C/C=C(C)C)(c2ccc(OC(=O)OC)cc2)/C1=C/C=C. The average Bonchev–Trinajstić information content (AvgIpc) is 3.02. The predicted molar refractivity (Wildman–Crippen MR) is 124 cm³/mol. The molecule has 1 amide bonds. The van der Waals surface area contributed by atoms with E-state index in [1.165, 1.54) is 7.11 Å².